The molecule has 2 rings (SSSR count). The second-order valence-electron chi connectivity index (χ2n) is 4.40. The van der Waals surface area contributed by atoms with Crippen molar-refractivity contribution in [3.05, 3.63) is 20.8 Å². The van der Waals surface area contributed by atoms with E-state index in [1.807, 2.05) is 6.92 Å². The summed E-state index contributed by atoms with van der Waals surface area (Å²) < 4.78 is 4.51. The molecule has 2 aromatic heterocycles. The lowest BCUT2D eigenvalue weighted by atomic mass is 10.4. The summed E-state index contributed by atoms with van der Waals surface area (Å²) in [5.74, 6) is 0.574. The van der Waals surface area contributed by atoms with Crippen molar-refractivity contribution >= 4 is 17.1 Å². The number of anilines is 1. The van der Waals surface area contributed by atoms with Crippen LogP contribution in [0.4, 0.5) is 5.95 Å². The Morgan fingerprint density at radius 1 is 1.21 bits per heavy atom. The van der Waals surface area contributed by atoms with Crippen molar-refractivity contribution in [2.75, 3.05) is 12.4 Å². The molecule has 0 aliphatic rings. The van der Waals surface area contributed by atoms with E-state index in [-0.39, 0.29) is 11.2 Å². The third-order valence-electron chi connectivity index (χ3n) is 3.23. The maximum absolute atomic E-state index is 12.3. The molecule has 0 radical (unpaired) electrons. The average molecular weight is 265 g/mol. The lowest BCUT2D eigenvalue weighted by molar-refractivity contribution is 0.579. The zero-order chi connectivity index (χ0) is 14.2. The molecule has 2 aromatic rings. The predicted molar refractivity (Wildman–Crippen MR) is 74.7 cm³/mol. The van der Waals surface area contributed by atoms with E-state index < -0.39 is 0 Å². The third-order valence-corrected chi connectivity index (χ3v) is 3.23. The number of aryl methyl sites for hydroxylation is 2. The van der Waals surface area contributed by atoms with Gasteiger partial charge in [-0.3, -0.25) is 13.9 Å². The van der Waals surface area contributed by atoms with Crippen molar-refractivity contribution in [1.29, 1.82) is 0 Å². The van der Waals surface area contributed by atoms with Gasteiger partial charge >= 0.3 is 5.69 Å². The van der Waals surface area contributed by atoms with Gasteiger partial charge in [-0.25, -0.2) is 4.79 Å². The van der Waals surface area contributed by atoms with Crippen LogP contribution in [-0.2, 0) is 20.1 Å². The van der Waals surface area contributed by atoms with Crippen molar-refractivity contribution in [3.8, 4) is 0 Å². The minimum Gasteiger partial charge on any atom is -0.359 e. The van der Waals surface area contributed by atoms with Crippen LogP contribution in [0.2, 0.25) is 0 Å². The maximum atomic E-state index is 12.3. The van der Waals surface area contributed by atoms with E-state index in [9.17, 15) is 9.59 Å². The van der Waals surface area contributed by atoms with Gasteiger partial charge in [-0.2, -0.15) is 4.98 Å². The molecule has 0 unspecified atom stereocenters. The van der Waals surface area contributed by atoms with Crippen LogP contribution in [0.1, 0.15) is 20.3 Å². The second-order valence-corrected chi connectivity index (χ2v) is 4.40. The summed E-state index contributed by atoms with van der Waals surface area (Å²) in [5.41, 5.74) is 0.335. The first kappa shape index (κ1) is 13.4. The molecule has 0 aromatic carbocycles. The molecule has 0 saturated heterocycles. The molecule has 1 N–H and O–H groups in total. The zero-order valence-electron chi connectivity index (χ0n) is 11.7. The lowest BCUT2D eigenvalue weighted by Crippen LogP contribution is -2.40. The maximum Gasteiger partial charge on any atom is 0.332 e. The molecule has 0 atom stereocenters. The van der Waals surface area contributed by atoms with Crippen LogP contribution in [0.5, 0.6) is 0 Å². The zero-order valence-corrected chi connectivity index (χ0v) is 11.7. The number of nitrogens with one attached hydrogen (secondary N) is 1. The Hall–Kier alpha value is -2.05. The molecule has 7 heteroatoms. The van der Waals surface area contributed by atoms with E-state index in [2.05, 4.69) is 10.3 Å². The van der Waals surface area contributed by atoms with Gasteiger partial charge in [0.1, 0.15) is 0 Å². The second kappa shape index (κ2) is 4.91. The highest BCUT2D eigenvalue weighted by Gasteiger charge is 2.18. The van der Waals surface area contributed by atoms with Gasteiger partial charge in [-0.15, -0.1) is 0 Å². The molecule has 0 bridgehead atoms. The van der Waals surface area contributed by atoms with Crippen LogP contribution in [0.25, 0.3) is 11.2 Å². The summed E-state index contributed by atoms with van der Waals surface area (Å²) in [6, 6.07) is 0. The van der Waals surface area contributed by atoms with Gasteiger partial charge in [0.15, 0.2) is 11.2 Å². The van der Waals surface area contributed by atoms with Crippen LogP contribution >= 0.6 is 0 Å². The van der Waals surface area contributed by atoms with Crippen molar-refractivity contribution in [2.45, 2.75) is 33.4 Å². The largest absolute Gasteiger partial charge is 0.359 e. The molecular weight excluding hydrogens is 246 g/mol. The van der Waals surface area contributed by atoms with E-state index in [4.69, 9.17) is 0 Å². The highest BCUT2D eigenvalue weighted by atomic mass is 16.2. The Kier molecular flexibility index (Phi) is 3.46. The van der Waals surface area contributed by atoms with Crippen molar-refractivity contribution < 1.29 is 0 Å². The predicted octanol–water partition coefficient (Wildman–Crippen LogP) is 0.368. The number of rotatable bonds is 4. The fourth-order valence-electron chi connectivity index (χ4n) is 2.29. The number of aromatic nitrogens is 4. The Bertz CT molecular complexity index is 722. The molecule has 0 aliphatic carbocycles. The van der Waals surface area contributed by atoms with Crippen molar-refractivity contribution in [1.82, 2.24) is 18.7 Å². The fraction of sp³-hybridized carbons (Fsp3) is 0.583. The summed E-state index contributed by atoms with van der Waals surface area (Å²) in [6.07, 6.45) is 0.808. The monoisotopic (exact) mass is 265 g/mol. The van der Waals surface area contributed by atoms with Gasteiger partial charge < -0.3 is 9.88 Å². The minimum absolute atomic E-state index is 0.286. The number of imidazole rings is 1. The van der Waals surface area contributed by atoms with Crippen LogP contribution in [0, 0.1) is 0 Å². The fourth-order valence-corrected chi connectivity index (χ4v) is 2.29. The van der Waals surface area contributed by atoms with Gasteiger partial charge in [0.2, 0.25) is 5.95 Å². The Morgan fingerprint density at radius 2 is 1.89 bits per heavy atom. The normalized spacial score (nSPS) is 11.2. The molecule has 0 saturated carbocycles. The van der Waals surface area contributed by atoms with Crippen LogP contribution in [0.15, 0.2) is 9.59 Å². The summed E-state index contributed by atoms with van der Waals surface area (Å²) in [5, 5.41) is 2.93. The van der Waals surface area contributed by atoms with E-state index in [1.165, 1.54) is 4.57 Å². The smallest absolute Gasteiger partial charge is 0.332 e. The van der Waals surface area contributed by atoms with E-state index in [0.717, 1.165) is 6.42 Å². The highest BCUT2D eigenvalue weighted by molar-refractivity contribution is 5.74. The van der Waals surface area contributed by atoms with Crippen LogP contribution in [-0.4, -0.2) is 25.7 Å². The molecule has 0 amide bonds. The first-order valence-corrected chi connectivity index (χ1v) is 6.44. The quantitative estimate of drug-likeness (QED) is 0.866. The number of nitrogens with zero attached hydrogens (tertiary/aromatic N) is 4. The number of hydrogen-bond donors (Lipinski definition) is 1. The number of fused-ring (bicyclic) bond motifs is 1. The van der Waals surface area contributed by atoms with Crippen LogP contribution in [0.3, 0.4) is 0 Å². The highest BCUT2D eigenvalue weighted by Crippen LogP contribution is 2.13. The van der Waals surface area contributed by atoms with Gasteiger partial charge in [0.25, 0.3) is 5.56 Å². The van der Waals surface area contributed by atoms with E-state index in [1.54, 1.807) is 30.2 Å². The Balaban J connectivity index is 3.00. The first-order chi connectivity index (χ1) is 9.06. The number of hydrogen-bond acceptors (Lipinski definition) is 4. The van der Waals surface area contributed by atoms with Crippen LogP contribution < -0.4 is 16.6 Å². The standard InChI is InChI=1S/C12H19N5O2/c1-5-7-17-9-8(15(4)11(13-3)14-9)10(18)16(6-2)12(17)19/h5-7H2,1-4H3,(H,13,14). The molecule has 104 valence electrons. The van der Waals surface area contributed by atoms with Gasteiger partial charge in [0, 0.05) is 27.2 Å². The summed E-state index contributed by atoms with van der Waals surface area (Å²) in [4.78, 5) is 29.0. The third kappa shape index (κ3) is 1.85. The van der Waals surface area contributed by atoms with Gasteiger partial charge in [0.05, 0.1) is 0 Å². The minimum atomic E-state index is -0.289. The first-order valence-electron chi connectivity index (χ1n) is 6.44. The summed E-state index contributed by atoms with van der Waals surface area (Å²) in [7, 11) is 3.51. The molecule has 0 aliphatic heterocycles. The average Bonchev–Trinajstić information content (AvgIpc) is 2.72. The Morgan fingerprint density at radius 3 is 2.42 bits per heavy atom. The van der Waals surface area contributed by atoms with E-state index in [0.29, 0.717) is 30.2 Å². The summed E-state index contributed by atoms with van der Waals surface area (Å²) in [6.45, 7) is 4.69. The molecule has 19 heavy (non-hydrogen) atoms. The molecule has 7 nitrogen and oxygen atoms in total. The lowest BCUT2D eigenvalue weighted by Gasteiger charge is -2.09. The molecule has 0 spiro atoms. The summed E-state index contributed by atoms with van der Waals surface area (Å²) >= 11 is 0. The Labute approximate surface area is 110 Å². The van der Waals surface area contributed by atoms with E-state index >= 15 is 0 Å². The van der Waals surface area contributed by atoms with Gasteiger partial charge in [-0.05, 0) is 13.3 Å². The SMILES string of the molecule is CCCn1c(=O)n(CC)c(=O)c2c1nc(NC)n2C. The van der Waals surface area contributed by atoms with Crippen molar-refractivity contribution in [3.63, 3.8) is 0 Å². The van der Waals surface area contributed by atoms with Crippen molar-refractivity contribution in [2.24, 2.45) is 7.05 Å². The molecule has 2 heterocycles. The van der Waals surface area contributed by atoms with Gasteiger partial charge in [-0.1, -0.05) is 6.92 Å². The molecular formula is C12H19N5O2. The topological polar surface area (TPSA) is 73.8 Å². The molecule has 0 fully saturated rings.